The molecular weight excluding hydrogens is 414 g/mol. The van der Waals surface area contributed by atoms with E-state index in [9.17, 15) is 9.59 Å². The third-order valence-corrected chi connectivity index (χ3v) is 5.83. The lowest BCUT2D eigenvalue weighted by Crippen LogP contribution is -3.13. The molecule has 156 valence electrons. The second-order valence-electron chi connectivity index (χ2n) is 6.94. The molecule has 0 radical (unpaired) electrons. The van der Waals surface area contributed by atoms with Gasteiger partial charge in [0.05, 0.1) is 33.3 Å². The molecule has 2 amide bonds. The van der Waals surface area contributed by atoms with Gasteiger partial charge in [0, 0.05) is 23.4 Å². The molecule has 2 aromatic rings. The number of aromatic nitrogens is 2. The third kappa shape index (κ3) is 6.12. The summed E-state index contributed by atoms with van der Waals surface area (Å²) >= 11 is 7.42. The minimum Gasteiger partial charge on any atom is -0.496 e. The van der Waals surface area contributed by atoms with Crippen LogP contribution in [0.15, 0.2) is 18.2 Å². The van der Waals surface area contributed by atoms with Crippen molar-refractivity contribution in [3.63, 3.8) is 0 Å². The van der Waals surface area contributed by atoms with Crippen LogP contribution in [0.1, 0.15) is 23.4 Å². The minimum absolute atomic E-state index is 0.00739. The van der Waals surface area contributed by atoms with Crippen molar-refractivity contribution < 1.29 is 19.2 Å². The van der Waals surface area contributed by atoms with Gasteiger partial charge in [-0.3, -0.25) is 9.59 Å². The smallest absolute Gasteiger partial charge is 0.226 e. The van der Waals surface area contributed by atoms with Crippen molar-refractivity contribution in [1.29, 1.82) is 0 Å². The molecule has 1 aliphatic rings. The van der Waals surface area contributed by atoms with E-state index in [1.54, 1.807) is 7.11 Å². The number of benzene rings is 1. The number of nitrogens with one attached hydrogen (secondary N) is 2. The average molecular weight is 439 g/mol. The highest BCUT2D eigenvalue weighted by Gasteiger charge is 2.25. The number of anilines is 1. The van der Waals surface area contributed by atoms with E-state index in [1.807, 2.05) is 30.0 Å². The maximum Gasteiger partial charge on any atom is 0.226 e. The van der Waals surface area contributed by atoms with Crippen LogP contribution in [0.25, 0.3) is 0 Å². The topological polar surface area (TPSA) is 88.9 Å². The molecule has 1 saturated heterocycles. The third-order valence-electron chi connectivity index (χ3n) is 4.84. The number of ether oxygens (including phenoxy) is 1. The van der Waals surface area contributed by atoms with Gasteiger partial charge >= 0.3 is 0 Å². The molecule has 0 atom stereocenters. The van der Waals surface area contributed by atoms with Crippen LogP contribution in [0.4, 0.5) is 5.13 Å². The van der Waals surface area contributed by atoms with E-state index in [0.29, 0.717) is 23.2 Å². The number of piperazine rings is 1. The van der Waals surface area contributed by atoms with E-state index < -0.39 is 0 Å². The van der Waals surface area contributed by atoms with E-state index in [4.69, 9.17) is 16.3 Å². The summed E-state index contributed by atoms with van der Waals surface area (Å²) in [5.74, 6) is 0.622. The van der Waals surface area contributed by atoms with E-state index >= 15 is 0 Å². The molecular formula is C19H25ClN5O3S+. The summed E-state index contributed by atoms with van der Waals surface area (Å²) < 4.78 is 5.42. The van der Waals surface area contributed by atoms with Crippen molar-refractivity contribution in [2.45, 2.75) is 26.3 Å². The maximum absolute atomic E-state index is 12.4. The zero-order chi connectivity index (χ0) is 20.8. The van der Waals surface area contributed by atoms with Crippen molar-refractivity contribution in [1.82, 2.24) is 15.1 Å². The quantitative estimate of drug-likeness (QED) is 0.677. The average Bonchev–Trinajstić information content (AvgIpc) is 3.11. The van der Waals surface area contributed by atoms with Crippen molar-refractivity contribution in [3.8, 4) is 5.75 Å². The predicted octanol–water partition coefficient (Wildman–Crippen LogP) is 1.15. The first-order chi connectivity index (χ1) is 13.9. The van der Waals surface area contributed by atoms with Crippen LogP contribution in [0.3, 0.4) is 0 Å². The van der Waals surface area contributed by atoms with E-state index in [2.05, 4.69) is 15.5 Å². The highest BCUT2D eigenvalue weighted by molar-refractivity contribution is 7.15. The van der Waals surface area contributed by atoms with Crippen molar-refractivity contribution in [2.24, 2.45) is 0 Å². The van der Waals surface area contributed by atoms with Gasteiger partial charge in [-0.15, -0.1) is 10.2 Å². The Bertz CT molecular complexity index is 867. The maximum atomic E-state index is 12.4. The van der Waals surface area contributed by atoms with Gasteiger partial charge in [-0.2, -0.15) is 0 Å². The molecule has 3 rings (SSSR count). The van der Waals surface area contributed by atoms with E-state index in [1.165, 1.54) is 16.2 Å². The number of methoxy groups -OCH3 is 1. The van der Waals surface area contributed by atoms with Crippen molar-refractivity contribution >= 4 is 39.9 Å². The van der Waals surface area contributed by atoms with Gasteiger partial charge in [-0.25, -0.2) is 0 Å². The number of hydrogen-bond acceptors (Lipinski definition) is 6. The zero-order valence-corrected chi connectivity index (χ0v) is 18.1. The monoisotopic (exact) mass is 438 g/mol. The molecule has 10 heteroatoms. The Morgan fingerprint density at radius 1 is 1.28 bits per heavy atom. The Morgan fingerprint density at radius 2 is 2.03 bits per heavy atom. The van der Waals surface area contributed by atoms with Crippen LogP contribution in [0.2, 0.25) is 5.02 Å². The summed E-state index contributed by atoms with van der Waals surface area (Å²) in [5, 5.41) is 12.3. The van der Waals surface area contributed by atoms with Crippen LogP contribution < -0.4 is 15.0 Å². The Hall–Kier alpha value is -2.23. The van der Waals surface area contributed by atoms with Crippen LogP contribution in [-0.4, -0.2) is 60.2 Å². The molecule has 1 fully saturated rings. The highest BCUT2D eigenvalue weighted by Crippen LogP contribution is 2.21. The molecule has 0 spiro atoms. The van der Waals surface area contributed by atoms with Gasteiger partial charge < -0.3 is 19.9 Å². The normalized spacial score (nSPS) is 14.7. The molecule has 2 heterocycles. The lowest BCUT2D eigenvalue weighted by molar-refractivity contribution is -0.917. The second kappa shape index (κ2) is 10.00. The zero-order valence-electron chi connectivity index (χ0n) is 16.5. The Morgan fingerprint density at radius 3 is 2.69 bits per heavy atom. The number of quaternary nitrogens is 1. The fraction of sp³-hybridized carbons (Fsp3) is 0.474. The summed E-state index contributed by atoms with van der Waals surface area (Å²) in [4.78, 5) is 27.6. The van der Waals surface area contributed by atoms with Crippen LogP contribution in [-0.2, 0) is 16.1 Å². The SMILES string of the molecule is COc1ccc(Cl)cc1C[NH+]1CCN(C(=O)CCC(=O)Nc2nnc(C)s2)CC1. The van der Waals surface area contributed by atoms with Gasteiger partial charge in [-0.05, 0) is 25.1 Å². The first-order valence-corrected chi connectivity index (χ1v) is 10.7. The van der Waals surface area contributed by atoms with Gasteiger partial charge in [0.15, 0.2) is 0 Å². The van der Waals surface area contributed by atoms with Crippen LogP contribution in [0, 0.1) is 6.92 Å². The van der Waals surface area contributed by atoms with Crippen LogP contribution >= 0.6 is 22.9 Å². The fourth-order valence-electron chi connectivity index (χ4n) is 3.31. The summed E-state index contributed by atoms with van der Waals surface area (Å²) in [6, 6.07) is 5.63. The van der Waals surface area contributed by atoms with Crippen molar-refractivity contribution in [3.05, 3.63) is 33.8 Å². The minimum atomic E-state index is -0.216. The molecule has 2 N–H and O–H groups in total. The summed E-state index contributed by atoms with van der Waals surface area (Å²) in [7, 11) is 1.65. The molecule has 0 bridgehead atoms. The number of rotatable bonds is 7. The largest absolute Gasteiger partial charge is 0.496 e. The Balaban J connectivity index is 1.42. The number of aryl methyl sites for hydroxylation is 1. The number of hydrogen-bond donors (Lipinski definition) is 2. The van der Waals surface area contributed by atoms with Gasteiger partial charge in [0.1, 0.15) is 17.3 Å². The summed E-state index contributed by atoms with van der Waals surface area (Å²) in [6.07, 6.45) is 0.339. The molecule has 1 aliphatic heterocycles. The summed E-state index contributed by atoms with van der Waals surface area (Å²) in [5.41, 5.74) is 1.07. The van der Waals surface area contributed by atoms with Gasteiger partial charge in [-0.1, -0.05) is 22.9 Å². The molecule has 1 aromatic carbocycles. The van der Waals surface area contributed by atoms with E-state index in [0.717, 1.165) is 36.0 Å². The standard InChI is InChI=1S/C19H24ClN5O3S/c1-13-22-23-19(29-13)21-17(26)5-6-18(27)25-9-7-24(8-10-25)12-14-11-15(20)3-4-16(14)28-2/h3-4,11H,5-10,12H2,1-2H3,(H,21,23,26)/p+1. The molecule has 0 aliphatic carbocycles. The molecule has 0 unspecified atom stereocenters. The number of nitrogens with zero attached hydrogens (tertiary/aromatic N) is 3. The molecule has 0 saturated carbocycles. The fourth-order valence-corrected chi connectivity index (χ4v) is 4.11. The van der Waals surface area contributed by atoms with Crippen LogP contribution in [0.5, 0.6) is 5.75 Å². The highest BCUT2D eigenvalue weighted by atomic mass is 35.5. The van der Waals surface area contributed by atoms with Gasteiger partial charge in [0.25, 0.3) is 0 Å². The van der Waals surface area contributed by atoms with Crippen molar-refractivity contribution in [2.75, 3.05) is 38.6 Å². The summed E-state index contributed by atoms with van der Waals surface area (Å²) in [6.45, 7) is 5.66. The lowest BCUT2D eigenvalue weighted by atomic mass is 10.1. The molecule has 29 heavy (non-hydrogen) atoms. The first kappa shape index (κ1) is 21.5. The number of amides is 2. The van der Waals surface area contributed by atoms with E-state index in [-0.39, 0.29) is 24.7 Å². The number of halogens is 1. The lowest BCUT2D eigenvalue weighted by Gasteiger charge is -2.32. The first-order valence-electron chi connectivity index (χ1n) is 9.48. The number of carbonyl (C=O) groups is 2. The predicted molar refractivity (Wildman–Crippen MR) is 111 cm³/mol. The number of carbonyl (C=O) groups excluding carboxylic acids is 2. The second-order valence-corrected chi connectivity index (χ2v) is 8.56. The molecule has 1 aromatic heterocycles. The molecule has 8 nitrogen and oxygen atoms in total. The Kier molecular flexibility index (Phi) is 7.40. The van der Waals surface area contributed by atoms with Gasteiger partial charge in [0.2, 0.25) is 16.9 Å². The Labute approximate surface area is 178 Å².